The number of nitrogens with zero attached hydrogens (tertiary/aromatic N) is 1. The Hall–Kier alpha value is -1.82. The van der Waals surface area contributed by atoms with Crippen LogP contribution >= 0.6 is 15.9 Å². The third-order valence-electron chi connectivity index (χ3n) is 1.71. The molecule has 90 valence electrons. The van der Waals surface area contributed by atoms with Crippen molar-refractivity contribution in [3.05, 3.63) is 40.9 Å². The molecule has 1 aromatic rings. The van der Waals surface area contributed by atoms with Crippen LogP contribution in [0.15, 0.2) is 40.4 Å². The van der Waals surface area contributed by atoms with E-state index in [9.17, 15) is 4.79 Å². The van der Waals surface area contributed by atoms with Gasteiger partial charge in [-0.2, -0.15) is 5.10 Å². The van der Waals surface area contributed by atoms with Crippen LogP contribution in [0.5, 0.6) is 5.75 Å². The predicted octanol–water partition coefficient (Wildman–Crippen LogP) is 2.02. The van der Waals surface area contributed by atoms with Gasteiger partial charge in [-0.3, -0.25) is 0 Å². The first-order valence-corrected chi connectivity index (χ1v) is 5.54. The van der Waals surface area contributed by atoms with Crippen molar-refractivity contribution in [3.8, 4) is 5.75 Å². The van der Waals surface area contributed by atoms with E-state index in [-0.39, 0.29) is 0 Å². The molecule has 0 unspecified atom stereocenters. The van der Waals surface area contributed by atoms with Gasteiger partial charge in [0.1, 0.15) is 12.4 Å². The van der Waals surface area contributed by atoms with E-state index in [1.165, 1.54) is 6.21 Å². The van der Waals surface area contributed by atoms with Gasteiger partial charge in [-0.15, -0.1) is 0 Å². The van der Waals surface area contributed by atoms with Crippen LogP contribution in [0, 0.1) is 0 Å². The average Bonchev–Trinajstić information content (AvgIpc) is 2.27. The van der Waals surface area contributed by atoms with Gasteiger partial charge in [-0.05, 0) is 18.2 Å². The van der Waals surface area contributed by atoms with Crippen molar-refractivity contribution in [1.82, 2.24) is 5.43 Å². The minimum atomic E-state index is -0.718. The summed E-state index contributed by atoms with van der Waals surface area (Å²) in [6.45, 7) is 3.96. The van der Waals surface area contributed by atoms with Gasteiger partial charge in [0.2, 0.25) is 0 Å². The summed E-state index contributed by atoms with van der Waals surface area (Å²) >= 11 is 3.34. The molecule has 0 aliphatic heterocycles. The van der Waals surface area contributed by atoms with Crippen molar-refractivity contribution in [2.24, 2.45) is 10.8 Å². The molecule has 1 rings (SSSR count). The smallest absolute Gasteiger partial charge is 0.332 e. The number of nitrogens with two attached hydrogens (primary N) is 1. The number of amides is 2. The molecule has 0 saturated carbocycles. The molecule has 1 aromatic carbocycles. The third kappa shape index (κ3) is 4.69. The first-order chi connectivity index (χ1) is 8.13. The maximum absolute atomic E-state index is 10.5. The predicted molar refractivity (Wildman–Crippen MR) is 70.1 cm³/mol. The van der Waals surface area contributed by atoms with E-state index in [0.29, 0.717) is 12.4 Å². The topological polar surface area (TPSA) is 76.7 Å². The van der Waals surface area contributed by atoms with E-state index in [1.807, 2.05) is 12.1 Å². The lowest BCUT2D eigenvalue weighted by Gasteiger charge is -2.07. The highest BCUT2D eigenvalue weighted by Gasteiger charge is 2.02. The number of halogens is 1. The van der Waals surface area contributed by atoms with Crippen LogP contribution in [0.3, 0.4) is 0 Å². The standard InChI is InChI=1S/C11H12BrN3O2/c1-2-5-17-10-4-3-9(12)6-8(10)7-14-15-11(13)16/h2-4,6-7H,1,5H2,(H3,13,15,16)/b14-7+. The number of rotatable bonds is 5. The highest BCUT2D eigenvalue weighted by molar-refractivity contribution is 9.10. The minimum Gasteiger partial charge on any atom is -0.489 e. The lowest BCUT2D eigenvalue weighted by atomic mass is 10.2. The van der Waals surface area contributed by atoms with Crippen molar-refractivity contribution in [2.45, 2.75) is 0 Å². The summed E-state index contributed by atoms with van der Waals surface area (Å²) in [5.41, 5.74) is 7.72. The molecule has 0 bridgehead atoms. The van der Waals surface area contributed by atoms with Crippen LogP contribution in [0.2, 0.25) is 0 Å². The molecule has 0 aromatic heterocycles. The van der Waals surface area contributed by atoms with E-state index in [1.54, 1.807) is 12.1 Å². The normalized spacial score (nSPS) is 10.2. The van der Waals surface area contributed by atoms with Crippen LogP contribution in [-0.2, 0) is 0 Å². The largest absolute Gasteiger partial charge is 0.489 e. The molecular formula is C11H12BrN3O2. The number of ether oxygens (including phenoxy) is 1. The van der Waals surface area contributed by atoms with Gasteiger partial charge in [0.05, 0.1) is 6.21 Å². The number of hydrogen-bond donors (Lipinski definition) is 2. The number of primary amides is 1. The quantitative estimate of drug-likeness (QED) is 0.495. The lowest BCUT2D eigenvalue weighted by molar-refractivity contribution is 0.249. The van der Waals surface area contributed by atoms with Gasteiger partial charge in [0.25, 0.3) is 0 Å². The Morgan fingerprint density at radius 3 is 3.06 bits per heavy atom. The Labute approximate surface area is 107 Å². The fourth-order valence-electron chi connectivity index (χ4n) is 1.07. The second-order valence-corrected chi connectivity index (χ2v) is 3.93. The molecule has 3 N–H and O–H groups in total. The highest BCUT2D eigenvalue weighted by atomic mass is 79.9. The van der Waals surface area contributed by atoms with Gasteiger partial charge < -0.3 is 10.5 Å². The van der Waals surface area contributed by atoms with Gasteiger partial charge in [-0.25, -0.2) is 10.2 Å². The fourth-order valence-corrected chi connectivity index (χ4v) is 1.44. The van der Waals surface area contributed by atoms with Crippen molar-refractivity contribution < 1.29 is 9.53 Å². The Kier molecular flexibility index (Phi) is 5.22. The Morgan fingerprint density at radius 2 is 2.41 bits per heavy atom. The van der Waals surface area contributed by atoms with E-state index < -0.39 is 6.03 Å². The van der Waals surface area contributed by atoms with Gasteiger partial charge in [0.15, 0.2) is 0 Å². The second-order valence-electron chi connectivity index (χ2n) is 3.02. The molecule has 0 spiro atoms. The van der Waals surface area contributed by atoms with Crippen LogP contribution < -0.4 is 15.9 Å². The molecule has 2 amide bonds. The van der Waals surface area contributed by atoms with E-state index >= 15 is 0 Å². The van der Waals surface area contributed by atoms with Gasteiger partial charge >= 0.3 is 6.03 Å². The van der Waals surface area contributed by atoms with Crippen LogP contribution in [0.4, 0.5) is 4.79 Å². The number of benzene rings is 1. The molecule has 0 atom stereocenters. The maximum atomic E-state index is 10.5. The third-order valence-corrected chi connectivity index (χ3v) is 2.20. The highest BCUT2D eigenvalue weighted by Crippen LogP contribution is 2.21. The number of carbonyl (C=O) groups excluding carboxylic acids is 1. The Balaban J connectivity index is 2.86. The first kappa shape index (κ1) is 13.2. The van der Waals surface area contributed by atoms with Crippen molar-refractivity contribution in [2.75, 3.05) is 6.61 Å². The SMILES string of the molecule is C=CCOc1ccc(Br)cc1/C=N/NC(N)=O. The van der Waals surface area contributed by atoms with Crippen LogP contribution in [0.1, 0.15) is 5.56 Å². The fraction of sp³-hybridized carbons (Fsp3) is 0.0909. The molecule has 6 heteroatoms. The molecular weight excluding hydrogens is 286 g/mol. The first-order valence-electron chi connectivity index (χ1n) is 4.75. The number of urea groups is 1. The molecule has 0 aliphatic carbocycles. The summed E-state index contributed by atoms with van der Waals surface area (Å²) in [4.78, 5) is 10.5. The summed E-state index contributed by atoms with van der Waals surface area (Å²) in [6.07, 6.45) is 3.10. The second kappa shape index (κ2) is 6.70. The summed E-state index contributed by atoms with van der Waals surface area (Å²) < 4.78 is 6.30. The van der Waals surface area contributed by atoms with E-state index in [2.05, 4.69) is 33.0 Å². The van der Waals surface area contributed by atoms with E-state index in [4.69, 9.17) is 10.5 Å². The van der Waals surface area contributed by atoms with Crippen LogP contribution in [0.25, 0.3) is 0 Å². The number of hydrazone groups is 1. The molecule has 0 heterocycles. The Bertz CT molecular complexity index is 446. The summed E-state index contributed by atoms with van der Waals surface area (Å²) in [5.74, 6) is 0.642. The monoisotopic (exact) mass is 297 g/mol. The molecule has 0 radical (unpaired) electrons. The molecule has 0 fully saturated rings. The number of hydrogen-bond acceptors (Lipinski definition) is 3. The maximum Gasteiger partial charge on any atom is 0.332 e. The summed E-state index contributed by atoms with van der Waals surface area (Å²) in [5, 5.41) is 3.67. The zero-order valence-electron chi connectivity index (χ0n) is 9.02. The minimum absolute atomic E-state index is 0.395. The molecule has 5 nitrogen and oxygen atoms in total. The Morgan fingerprint density at radius 1 is 1.65 bits per heavy atom. The number of nitrogens with one attached hydrogen (secondary N) is 1. The zero-order chi connectivity index (χ0) is 12.7. The van der Waals surface area contributed by atoms with E-state index in [0.717, 1.165) is 10.0 Å². The van der Waals surface area contributed by atoms with Crippen molar-refractivity contribution in [3.63, 3.8) is 0 Å². The van der Waals surface area contributed by atoms with Gasteiger partial charge in [0, 0.05) is 10.0 Å². The summed E-state index contributed by atoms with van der Waals surface area (Å²) in [7, 11) is 0. The van der Waals surface area contributed by atoms with Crippen LogP contribution in [-0.4, -0.2) is 18.9 Å². The van der Waals surface area contributed by atoms with Gasteiger partial charge in [-0.1, -0.05) is 28.6 Å². The lowest BCUT2D eigenvalue weighted by Crippen LogP contribution is -2.24. The zero-order valence-corrected chi connectivity index (χ0v) is 10.6. The molecule has 0 saturated heterocycles. The summed E-state index contributed by atoms with van der Waals surface area (Å²) in [6, 6.07) is 4.73. The van der Waals surface area contributed by atoms with Crippen molar-refractivity contribution in [1.29, 1.82) is 0 Å². The molecule has 0 aliphatic rings. The molecule has 17 heavy (non-hydrogen) atoms. The number of carbonyl (C=O) groups is 1. The van der Waals surface area contributed by atoms with Crippen molar-refractivity contribution >= 4 is 28.2 Å². The average molecular weight is 298 g/mol.